The molecule has 1 aliphatic heterocycles. The third kappa shape index (κ3) is 2.20. The van der Waals surface area contributed by atoms with E-state index in [1.165, 1.54) is 0 Å². The first-order valence-corrected chi connectivity index (χ1v) is 4.33. The Balaban J connectivity index is 2.47. The number of hydrogen-bond donors (Lipinski definition) is 2. The molecule has 0 radical (unpaired) electrons. The Hall–Kier alpha value is -0.0951. The summed E-state index contributed by atoms with van der Waals surface area (Å²) in [6.45, 7) is 3.19. The lowest BCUT2D eigenvalue weighted by Gasteiger charge is -2.23. The standard InChI is InChI=1S/C7H17BN2O2/c1-8(11)10-4-6(9)3-7(10)5-12-2/h6-7,11H,3-5,9H2,1-2H3/t6-,7-/m1/s1. The fraction of sp³-hybridized carbons (Fsp3) is 1.00. The van der Waals surface area contributed by atoms with Crippen molar-refractivity contribution in [1.29, 1.82) is 0 Å². The molecule has 0 aromatic carbocycles. The Morgan fingerprint density at radius 1 is 1.75 bits per heavy atom. The molecule has 0 amide bonds. The van der Waals surface area contributed by atoms with Crippen LogP contribution in [0.15, 0.2) is 0 Å². The van der Waals surface area contributed by atoms with E-state index in [0.29, 0.717) is 6.61 Å². The van der Waals surface area contributed by atoms with Crippen molar-refractivity contribution in [3.8, 4) is 0 Å². The van der Waals surface area contributed by atoms with E-state index >= 15 is 0 Å². The molecule has 0 spiro atoms. The van der Waals surface area contributed by atoms with Gasteiger partial charge in [0.2, 0.25) is 0 Å². The van der Waals surface area contributed by atoms with Gasteiger partial charge in [-0.2, -0.15) is 0 Å². The number of nitrogens with two attached hydrogens (primary N) is 1. The molecule has 4 nitrogen and oxygen atoms in total. The molecule has 1 aliphatic rings. The van der Waals surface area contributed by atoms with Crippen LogP contribution in [0.3, 0.4) is 0 Å². The van der Waals surface area contributed by atoms with Crippen LogP contribution >= 0.6 is 0 Å². The lowest BCUT2D eigenvalue weighted by molar-refractivity contribution is 0.142. The Labute approximate surface area is 73.8 Å². The van der Waals surface area contributed by atoms with E-state index in [0.717, 1.165) is 13.0 Å². The highest BCUT2D eigenvalue weighted by molar-refractivity contribution is 6.45. The minimum absolute atomic E-state index is 0.180. The molecule has 1 fully saturated rings. The summed E-state index contributed by atoms with van der Waals surface area (Å²) in [5, 5.41) is 9.38. The lowest BCUT2D eigenvalue weighted by atomic mass is 9.84. The maximum absolute atomic E-state index is 9.38. The van der Waals surface area contributed by atoms with Gasteiger partial charge in [0, 0.05) is 25.7 Å². The highest BCUT2D eigenvalue weighted by atomic mass is 16.5. The van der Waals surface area contributed by atoms with Crippen LogP contribution < -0.4 is 5.73 Å². The Bertz CT molecular complexity index is 145. The van der Waals surface area contributed by atoms with Crippen LogP contribution in [-0.2, 0) is 4.74 Å². The van der Waals surface area contributed by atoms with Crippen molar-refractivity contribution in [1.82, 2.24) is 4.81 Å². The first kappa shape index (κ1) is 9.99. The SMILES string of the molecule is COC[C@H]1C[C@@H](N)CN1B(C)O. The largest absolute Gasteiger partial charge is 0.437 e. The molecule has 1 rings (SSSR count). The summed E-state index contributed by atoms with van der Waals surface area (Å²) >= 11 is 0. The normalized spacial score (nSPS) is 31.0. The molecule has 12 heavy (non-hydrogen) atoms. The molecular weight excluding hydrogens is 155 g/mol. The van der Waals surface area contributed by atoms with Crippen molar-refractivity contribution in [3.63, 3.8) is 0 Å². The van der Waals surface area contributed by atoms with Crippen LogP contribution in [0.25, 0.3) is 0 Å². The molecule has 0 saturated carbocycles. The second-order valence-electron chi connectivity index (χ2n) is 3.43. The van der Waals surface area contributed by atoms with E-state index < -0.39 is 7.05 Å². The van der Waals surface area contributed by atoms with Gasteiger partial charge in [-0.05, 0) is 13.2 Å². The number of rotatable bonds is 3. The molecule has 0 aromatic rings. The van der Waals surface area contributed by atoms with Crippen LogP contribution in [-0.4, -0.2) is 49.2 Å². The highest BCUT2D eigenvalue weighted by Gasteiger charge is 2.33. The number of methoxy groups -OCH3 is 1. The van der Waals surface area contributed by atoms with E-state index in [1.54, 1.807) is 13.9 Å². The fourth-order valence-electron chi connectivity index (χ4n) is 1.79. The monoisotopic (exact) mass is 172 g/mol. The first-order chi connectivity index (χ1) is 5.65. The van der Waals surface area contributed by atoms with Crippen molar-refractivity contribution in [3.05, 3.63) is 0 Å². The van der Waals surface area contributed by atoms with Crippen LogP contribution in [0.1, 0.15) is 6.42 Å². The third-order valence-corrected chi connectivity index (χ3v) is 2.33. The number of hydrogen-bond acceptors (Lipinski definition) is 4. The Morgan fingerprint density at radius 2 is 2.42 bits per heavy atom. The first-order valence-electron chi connectivity index (χ1n) is 4.33. The topological polar surface area (TPSA) is 58.7 Å². The molecule has 0 aromatic heterocycles. The third-order valence-electron chi connectivity index (χ3n) is 2.33. The van der Waals surface area contributed by atoms with Crippen molar-refractivity contribution in [2.45, 2.75) is 25.3 Å². The zero-order chi connectivity index (χ0) is 9.14. The molecule has 5 heteroatoms. The summed E-state index contributed by atoms with van der Waals surface area (Å²) in [6, 6.07) is 0.463. The van der Waals surface area contributed by atoms with Gasteiger partial charge in [0.25, 0.3) is 0 Å². The predicted molar refractivity (Wildman–Crippen MR) is 48.8 cm³/mol. The van der Waals surface area contributed by atoms with E-state index in [9.17, 15) is 5.02 Å². The molecule has 0 aliphatic carbocycles. The summed E-state index contributed by atoms with van der Waals surface area (Å²) in [5.74, 6) is 0. The van der Waals surface area contributed by atoms with Gasteiger partial charge in [0.05, 0.1) is 6.61 Å². The van der Waals surface area contributed by atoms with Crippen LogP contribution in [0.5, 0.6) is 0 Å². The highest BCUT2D eigenvalue weighted by Crippen LogP contribution is 2.17. The summed E-state index contributed by atoms with van der Waals surface area (Å²) in [7, 11) is 1.25. The second kappa shape index (κ2) is 4.23. The van der Waals surface area contributed by atoms with Gasteiger partial charge < -0.3 is 20.3 Å². The van der Waals surface area contributed by atoms with Gasteiger partial charge in [-0.25, -0.2) is 0 Å². The van der Waals surface area contributed by atoms with Gasteiger partial charge in [0.1, 0.15) is 0 Å². The second-order valence-corrected chi connectivity index (χ2v) is 3.43. The molecule has 70 valence electrons. The predicted octanol–water partition coefficient (Wildman–Crippen LogP) is -0.855. The van der Waals surface area contributed by atoms with Gasteiger partial charge in [0.15, 0.2) is 0 Å². The van der Waals surface area contributed by atoms with Gasteiger partial charge >= 0.3 is 7.05 Å². The van der Waals surface area contributed by atoms with Gasteiger partial charge in [-0.15, -0.1) is 0 Å². The van der Waals surface area contributed by atoms with Gasteiger partial charge in [-0.3, -0.25) is 0 Å². The average Bonchev–Trinajstić information content (AvgIpc) is 2.32. The van der Waals surface area contributed by atoms with Crippen LogP contribution in [0, 0.1) is 0 Å². The molecule has 0 bridgehead atoms. The van der Waals surface area contributed by atoms with E-state index in [-0.39, 0.29) is 12.1 Å². The van der Waals surface area contributed by atoms with Crippen molar-refractivity contribution in [2.24, 2.45) is 5.73 Å². The van der Waals surface area contributed by atoms with E-state index in [2.05, 4.69) is 0 Å². The lowest BCUT2D eigenvalue weighted by Crippen LogP contribution is -2.43. The molecular formula is C7H17BN2O2. The van der Waals surface area contributed by atoms with E-state index in [1.807, 2.05) is 4.81 Å². The maximum Gasteiger partial charge on any atom is 0.376 e. The van der Waals surface area contributed by atoms with Crippen molar-refractivity contribution < 1.29 is 9.76 Å². The number of nitrogens with zero attached hydrogens (tertiary/aromatic N) is 1. The smallest absolute Gasteiger partial charge is 0.376 e. The Kier molecular flexibility index (Phi) is 3.52. The van der Waals surface area contributed by atoms with Crippen LogP contribution in [0.4, 0.5) is 0 Å². The van der Waals surface area contributed by atoms with Gasteiger partial charge in [-0.1, -0.05) is 0 Å². The van der Waals surface area contributed by atoms with Crippen molar-refractivity contribution >= 4 is 7.05 Å². The minimum Gasteiger partial charge on any atom is -0.437 e. The molecule has 3 N–H and O–H groups in total. The quantitative estimate of drug-likeness (QED) is 0.544. The molecule has 1 heterocycles. The summed E-state index contributed by atoms with van der Waals surface area (Å²) in [4.78, 5) is 1.98. The molecule has 2 atom stereocenters. The fourth-order valence-corrected chi connectivity index (χ4v) is 1.79. The van der Waals surface area contributed by atoms with Crippen molar-refractivity contribution in [2.75, 3.05) is 20.3 Å². The zero-order valence-electron chi connectivity index (χ0n) is 7.73. The molecule has 0 unspecified atom stereocenters. The summed E-state index contributed by atoms with van der Waals surface area (Å²) in [5.41, 5.74) is 5.78. The summed E-state index contributed by atoms with van der Waals surface area (Å²) in [6.07, 6.45) is 0.915. The van der Waals surface area contributed by atoms with E-state index in [4.69, 9.17) is 10.5 Å². The molecule has 1 saturated heterocycles. The minimum atomic E-state index is -0.418. The zero-order valence-corrected chi connectivity index (χ0v) is 7.73. The number of ether oxygens (including phenoxy) is 1. The Morgan fingerprint density at radius 3 is 2.92 bits per heavy atom. The average molecular weight is 172 g/mol. The maximum atomic E-state index is 9.38. The van der Waals surface area contributed by atoms with Crippen LogP contribution in [0.2, 0.25) is 6.82 Å². The summed E-state index contributed by atoms with van der Waals surface area (Å²) < 4.78 is 5.05.